The number of nitro groups is 1. The number of fused-ring (bicyclic) bond motifs is 2. The zero-order chi connectivity index (χ0) is 33.4. The number of non-ortho nitro benzene ring substituents is 1. The van der Waals surface area contributed by atoms with Crippen LogP contribution in [0.3, 0.4) is 0 Å². The molecule has 10 nitrogen and oxygen atoms in total. The lowest BCUT2D eigenvalue weighted by molar-refractivity contribution is -0.384. The fraction of sp³-hybridized carbons (Fsp3) is 0.108. The van der Waals surface area contributed by atoms with E-state index in [1.165, 1.54) is 16.7 Å². The molecule has 0 radical (unpaired) electrons. The van der Waals surface area contributed by atoms with Crippen LogP contribution in [0.4, 0.5) is 5.69 Å². The molecule has 1 aliphatic rings. The van der Waals surface area contributed by atoms with Crippen LogP contribution < -0.4 is 19.6 Å². The Morgan fingerprint density at radius 3 is 2.54 bits per heavy atom. The average molecular weight is 658 g/mol. The minimum atomic E-state index is -0.948. The number of hydrogen-bond acceptors (Lipinski definition) is 9. The molecular formula is C37H27N3O7S. The first-order valence-electron chi connectivity index (χ1n) is 15.1. The Morgan fingerprint density at radius 2 is 1.77 bits per heavy atom. The van der Waals surface area contributed by atoms with E-state index in [1.54, 1.807) is 44.4 Å². The second-order valence-electron chi connectivity index (χ2n) is 10.8. The Morgan fingerprint density at radius 1 is 1.00 bits per heavy atom. The van der Waals surface area contributed by atoms with Crippen LogP contribution in [0.2, 0.25) is 0 Å². The number of nitrogens with zero attached hydrogens (tertiary/aromatic N) is 3. The van der Waals surface area contributed by atoms with Crippen LogP contribution in [0, 0.1) is 10.1 Å². The lowest BCUT2D eigenvalue weighted by atomic mass is 9.89. The third-order valence-electron chi connectivity index (χ3n) is 8.04. The molecule has 0 saturated heterocycles. The number of furan rings is 1. The first-order valence-corrected chi connectivity index (χ1v) is 15.9. The molecular weight excluding hydrogens is 630 g/mol. The predicted octanol–water partition coefficient (Wildman–Crippen LogP) is 6.27. The van der Waals surface area contributed by atoms with Gasteiger partial charge in [0.2, 0.25) is 0 Å². The van der Waals surface area contributed by atoms with Gasteiger partial charge in [-0.2, -0.15) is 0 Å². The van der Waals surface area contributed by atoms with E-state index in [9.17, 15) is 19.7 Å². The molecule has 7 rings (SSSR count). The minimum absolute atomic E-state index is 0.0609. The van der Waals surface area contributed by atoms with Crippen molar-refractivity contribution in [2.75, 3.05) is 13.7 Å². The summed E-state index contributed by atoms with van der Waals surface area (Å²) in [5, 5.41) is 13.0. The molecule has 48 heavy (non-hydrogen) atoms. The van der Waals surface area contributed by atoms with E-state index in [0.717, 1.165) is 22.1 Å². The number of benzene rings is 4. The van der Waals surface area contributed by atoms with Gasteiger partial charge in [0.1, 0.15) is 23.3 Å². The van der Waals surface area contributed by atoms with Crippen LogP contribution in [0.15, 0.2) is 123 Å². The molecule has 11 heteroatoms. The van der Waals surface area contributed by atoms with Crippen LogP contribution >= 0.6 is 11.3 Å². The summed E-state index contributed by atoms with van der Waals surface area (Å²) in [4.78, 5) is 44.6. The number of thiazole rings is 1. The van der Waals surface area contributed by atoms with Crippen LogP contribution in [0.1, 0.15) is 29.9 Å². The van der Waals surface area contributed by atoms with Crippen LogP contribution in [0.25, 0.3) is 33.9 Å². The van der Waals surface area contributed by atoms with Crippen molar-refractivity contribution in [2.45, 2.75) is 13.0 Å². The van der Waals surface area contributed by atoms with Gasteiger partial charge < -0.3 is 13.9 Å². The van der Waals surface area contributed by atoms with Crippen LogP contribution in [-0.2, 0) is 9.53 Å². The fourth-order valence-corrected chi connectivity index (χ4v) is 6.92. The SMILES string of the molecule is CCOC(=O)C1=C(c2ccccc2)N=c2sc(=Cc3ccc(-c4cccc([N+](=O)[O-])c4)o3)c(=O)n2C1c1c(OC)ccc2ccccc12. The minimum Gasteiger partial charge on any atom is -0.496 e. The molecule has 0 saturated carbocycles. The molecule has 238 valence electrons. The summed E-state index contributed by atoms with van der Waals surface area (Å²) in [6.07, 6.45) is 1.61. The summed E-state index contributed by atoms with van der Waals surface area (Å²) in [7, 11) is 1.55. The van der Waals surface area contributed by atoms with Crippen molar-refractivity contribution < 1.29 is 23.6 Å². The highest BCUT2D eigenvalue weighted by Crippen LogP contribution is 2.42. The molecule has 0 fully saturated rings. The quantitative estimate of drug-likeness (QED) is 0.107. The number of esters is 1. The zero-order valence-electron chi connectivity index (χ0n) is 25.8. The molecule has 2 aromatic heterocycles. The van der Waals surface area contributed by atoms with E-state index in [1.807, 2.05) is 66.7 Å². The molecule has 1 aliphatic heterocycles. The summed E-state index contributed by atoms with van der Waals surface area (Å²) in [5.74, 6) is 0.681. The van der Waals surface area contributed by atoms with E-state index in [-0.39, 0.29) is 23.4 Å². The Labute approximate surface area is 277 Å². The third-order valence-corrected chi connectivity index (χ3v) is 9.02. The van der Waals surface area contributed by atoms with Gasteiger partial charge in [-0.3, -0.25) is 19.5 Å². The number of hydrogen-bond donors (Lipinski definition) is 0. The molecule has 0 amide bonds. The number of aromatic nitrogens is 1. The fourth-order valence-electron chi connectivity index (χ4n) is 5.94. The van der Waals surface area contributed by atoms with Crippen molar-refractivity contribution in [3.8, 4) is 17.1 Å². The number of carbonyl (C=O) groups is 1. The number of carbonyl (C=O) groups excluding carboxylic acids is 1. The standard InChI is InChI=1S/C37H27N3O7S/c1-3-46-36(42)32-33(23-11-5-4-6-12-23)38-37-39(34(32)31-27-15-8-7-10-22(27)16-18-29(31)45-2)35(41)30(48-37)21-26-17-19-28(47-26)24-13-9-14-25(20-24)40(43)44/h4-21,34H,3H2,1-2H3. The Balaban J connectivity index is 1.49. The number of ether oxygens (including phenoxy) is 2. The second kappa shape index (κ2) is 12.6. The Kier molecular flexibility index (Phi) is 8.03. The predicted molar refractivity (Wildman–Crippen MR) is 182 cm³/mol. The Bertz CT molecular complexity index is 2440. The van der Waals surface area contributed by atoms with Gasteiger partial charge in [-0.15, -0.1) is 0 Å². The van der Waals surface area contributed by atoms with Crippen molar-refractivity contribution in [3.05, 3.63) is 155 Å². The molecule has 6 aromatic rings. The molecule has 0 N–H and O–H groups in total. The maximum atomic E-state index is 14.5. The number of rotatable bonds is 8. The van der Waals surface area contributed by atoms with Crippen LogP contribution in [-0.4, -0.2) is 29.2 Å². The molecule has 1 atom stereocenters. The summed E-state index contributed by atoms with van der Waals surface area (Å²) >= 11 is 1.16. The van der Waals surface area contributed by atoms with Gasteiger partial charge in [-0.1, -0.05) is 84.1 Å². The van der Waals surface area contributed by atoms with E-state index < -0.39 is 16.9 Å². The van der Waals surface area contributed by atoms with Crippen LogP contribution in [0.5, 0.6) is 5.75 Å². The first kappa shape index (κ1) is 30.6. The highest BCUT2D eigenvalue weighted by atomic mass is 32.1. The maximum Gasteiger partial charge on any atom is 0.338 e. The van der Waals surface area contributed by atoms with E-state index in [4.69, 9.17) is 18.9 Å². The number of methoxy groups -OCH3 is 1. The third kappa shape index (κ3) is 5.39. The second-order valence-corrected chi connectivity index (χ2v) is 11.9. The van der Waals surface area contributed by atoms with Crippen molar-refractivity contribution in [1.82, 2.24) is 4.57 Å². The van der Waals surface area contributed by atoms with Crippen molar-refractivity contribution in [1.29, 1.82) is 0 Å². The molecule has 0 aliphatic carbocycles. The lowest BCUT2D eigenvalue weighted by Gasteiger charge is -2.28. The molecule has 1 unspecified atom stereocenters. The number of nitro benzene ring substituents is 1. The summed E-state index contributed by atoms with van der Waals surface area (Å²) < 4.78 is 19.4. The van der Waals surface area contributed by atoms with Gasteiger partial charge >= 0.3 is 5.97 Å². The molecule has 0 bridgehead atoms. The first-order chi connectivity index (χ1) is 23.4. The Hall–Kier alpha value is -6.07. The highest BCUT2D eigenvalue weighted by Gasteiger charge is 2.37. The van der Waals surface area contributed by atoms with Crippen molar-refractivity contribution >= 4 is 45.5 Å². The van der Waals surface area contributed by atoms with E-state index >= 15 is 0 Å². The largest absolute Gasteiger partial charge is 0.496 e. The highest BCUT2D eigenvalue weighted by molar-refractivity contribution is 7.07. The van der Waals surface area contributed by atoms with Gasteiger partial charge in [0.25, 0.3) is 11.2 Å². The van der Waals surface area contributed by atoms with Gasteiger partial charge in [0.05, 0.1) is 34.4 Å². The van der Waals surface area contributed by atoms with Gasteiger partial charge in [-0.05, 0) is 35.9 Å². The molecule has 4 aromatic carbocycles. The van der Waals surface area contributed by atoms with Gasteiger partial charge in [0.15, 0.2) is 4.80 Å². The van der Waals surface area contributed by atoms with Gasteiger partial charge in [-0.25, -0.2) is 9.79 Å². The maximum absolute atomic E-state index is 14.5. The topological polar surface area (TPSA) is 126 Å². The normalized spacial score (nSPS) is 14.5. The zero-order valence-corrected chi connectivity index (χ0v) is 26.6. The summed E-state index contributed by atoms with van der Waals surface area (Å²) in [6.45, 7) is 1.86. The lowest BCUT2D eigenvalue weighted by Crippen LogP contribution is -2.40. The van der Waals surface area contributed by atoms with Gasteiger partial charge in [0, 0.05) is 34.9 Å². The van der Waals surface area contributed by atoms with Crippen molar-refractivity contribution in [2.24, 2.45) is 4.99 Å². The molecule has 0 spiro atoms. The van der Waals surface area contributed by atoms with E-state index in [0.29, 0.717) is 49.0 Å². The smallest absolute Gasteiger partial charge is 0.338 e. The average Bonchev–Trinajstić information content (AvgIpc) is 3.71. The molecule has 3 heterocycles. The summed E-state index contributed by atoms with van der Waals surface area (Å²) in [5.41, 5.74) is 2.00. The summed E-state index contributed by atoms with van der Waals surface area (Å²) in [6, 6.07) is 29.4. The van der Waals surface area contributed by atoms with Crippen molar-refractivity contribution in [3.63, 3.8) is 0 Å². The van der Waals surface area contributed by atoms with E-state index in [2.05, 4.69) is 0 Å². The monoisotopic (exact) mass is 657 g/mol.